The van der Waals surface area contributed by atoms with Gasteiger partial charge >= 0.3 is 5.97 Å². The first-order valence-corrected chi connectivity index (χ1v) is 7.69. The number of rotatable bonds is 7. The number of nitrogens with zero attached hydrogens (tertiary/aromatic N) is 4. The molecule has 0 radical (unpaired) electrons. The van der Waals surface area contributed by atoms with Crippen molar-refractivity contribution in [1.29, 1.82) is 0 Å². The molecule has 0 unspecified atom stereocenters. The van der Waals surface area contributed by atoms with Gasteiger partial charge in [-0.2, -0.15) is 0 Å². The van der Waals surface area contributed by atoms with E-state index < -0.39 is 16.0 Å². The van der Waals surface area contributed by atoms with Crippen molar-refractivity contribution in [2.24, 2.45) is 0 Å². The molecule has 2 heterocycles. The summed E-state index contributed by atoms with van der Waals surface area (Å²) >= 11 is 0. The lowest BCUT2D eigenvalue weighted by molar-refractivity contribution is 0.0685. The molecule has 0 atom stereocenters. The molecule has 9 nitrogen and oxygen atoms in total. The molecule has 0 aromatic carbocycles. The van der Waals surface area contributed by atoms with E-state index in [-0.39, 0.29) is 17.1 Å². The molecule has 21 heavy (non-hydrogen) atoms. The standard InChI is InChI=1S/C11H15N5O4S/c1-2-15-8-9(7-10(15)11(17)18)21(19,20)13-4-6-16-5-3-12-14-16/h3,5,7-8,13H,2,4,6H2,1H3,(H,17,18). The zero-order valence-electron chi connectivity index (χ0n) is 11.3. The number of carbonyl (C=O) groups is 1. The van der Waals surface area contributed by atoms with Crippen molar-refractivity contribution in [3.8, 4) is 0 Å². The molecule has 2 rings (SSSR count). The summed E-state index contributed by atoms with van der Waals surface area (Å²) in [7, 11) is -3.75. The first-order chi connectivity index (χ1) is 9.94. The van der Waals surface area contributed by atoms with Crippen LogP contribution in [-0.4, -0.2) is 45.6 Å². The molecule has 0 fully saturated rings. The van der Waals surface area contributed by atoms with Crippen molar-refractivity contribution in [3.63, 3.8) is 0 Å². The highest BCUT2D eigenvalue weighted by Gasteiger charge is 2.20. The number of carboxylic acid groups (broad SMARTS) is 1. The second-order valence-electron chi connectivity index (χ2n) is 4.22. The Morgan fingerprint density at radius 3 is 2.76 bits per heavy atom. The quantitative estimate of drug-likeness (QED) is 0.729. The van der Waals surface area contributed by atoms with Gasteiger partial charge in [-0.05, 0) is 13.0 Å². The van der Waals surface area contributed by atoms with Gasteiger partial charge in [0.05, 0.1) is 12.7 Å². The fourth-order valence-corrected chi connectivity index (χ4v) is 2.86. The number of nitrogens with one attached hydrogen (secondary N) is 1. The smallest absolute Gasteiger partial charge is 0.352 e. The highest BCUT2D eigenvalue weighted by atomic mass is 32.2. The number of hydrogen-bond donors (Lipinski definition) is 2. The average molecular weight is 313 g/mol. The predicted octanol–water partition coefficient (Wildman–Crippen LogP) is -0.224. The molecule has 0 aliphatic heterocycles. The third-order valence-corrected chi connectivity index (χ3v) is 4.27. The number of aromatic nitrogens is 4. The van der Waals surface area contributed by atoms with Crippen LogP contribution in [0, 0.1) is 0 Å². The summed E-state index contributed by atoms with van der Waals surface area (Å²) < 4.78 is 29.5. The number of hydrogen-bond acceptors (Lipinski definition) is 5. The molecular formula is C11H15N5O4S. The molecule has 0 saturated carbocycles. The minimum absolute atomic E-state index is 0.0610. The summed E-state index contributed by atoms with van der Waals surface area (Å²) in [6, 6.07) is 1.14. The fraction of sp³-hybridized carbons (Fsp3) is 0.364. The third kappa shape index (κ3) is 3.47. The maximum atomic E-state index is 12.1. The van der Waals surface area contributed by atoms with Crippen molar-refractivity contribution in [2.75, 3.05) is 6.54 Å². The normalized spacial score (nSPS) is 11.7. The van der Waals surface area contributed by atoms with Crippen LogP contribution in [0.2, 0.25) is 0 Å². The first-order valence-electron chi connectivity index (χ1n) is 6.21. The van der Waals surface area contributed by atoms with Gasteiger partial charge in [0.15, 0.2) is 0 Å². The van der Waals surface area contributed by atoms with E-state index in [4.69, 9.17) is 5.11 Å². The van der Waals surface area contributed by atoms with E-state index in [0.29, 0.717) is 13.1 Å². The molecule has 0 aliphatic rings. The number of aryl methyl sites for hydroxylation is 1. The summed E-state index contributed by atoms with van der Waals surface area (Å²) in [5.41, 5.74) is -0.0610. The van der Waals surface area contributed by atoms with Crippen LogP contribution in [0.15, 0.2) is 29.6 Å². The van der Waals surface area contributed by atoms with Crippen molar-refractivity contribution in [2.45, 2.75) is 24.9 Å². The van der Waals surface area contributed by atoms with Crippen molar-refractivity contribution >= 4 is 16.0 Å². The molecule has 0 spiro atoms. The summed E-state index contributed by atoms with van der Waals surface area (Å²) in [4.78, 5) is 11.0. The van der Waals surface area contributed by atoms with Crippen molar-refractivity contribution < 1.29 is 18.3 Å². The third-order valence-electron chi connectivity index (χ3n) is 2.85. The van der Waals surface area contributed by atoms with Crippen LogP contribution in [0.4, 0.5) is 0 Å². The minimum atomic E-state index is -3.75. The van der Waals surface area contributed by atoms with E-state index in [1.54, 1.807) is 13.1 Å². The zero-order valence-corrected chi connectivity index (χ0v) is 12.1. The maximum absolute atomic E-state index is 12.1. The van der Waals surface area contributed by atoms with E-state index in [0.717, 1.165) is 6.07 Å². The summed E-state index contributed by atoms with van der Waals surface area (Å²) in [6.07, 6.45) is 4.42. The lowest BCUT2D eigenvalue weighted by Gasteiger charge is -2.04. The zero-order chi connectivity index (χ0) is 15.5. The molecule has 0 bridgehead atoms. The van der Waals surface area contributed by atoms with E-state index in [2.05, 4.69) is 15.0 Å². The highest BCUT2D eigenvalue weighted by molar-refractivity contribution is 7.89. The number of carboxylic acids is 1. The molecule has 0 amide bonds. The number of sulfonamides is 1. The highest BCUT2D eigenvalue weighted by Crippen LogP contribution is 2.14. The van der Waals surface area contributed by atoms with Crippen LogP contribution in [0.25, 0.3) is 0 Å². The average Bonchev–Trinajstić information content (AvgIpc) is 3.07. The van der Waals surface area contributed by atoms with Gasteiger partial charge in [-0.25, -0.2) is 17.9 Å². The molecule has 2 N–H and O–H groups in total. The van der Waals surface area contributed by atoms with Gasteiger partial charge in [0, 0.05) is 25.5 Å². The topological polar surface area (TPSA) is 119 Å². The Labute approximate surface area is 121 Å². The van der Waals surface area contributed by atoms with Crippen LogP contribution in [0.1, 0.15) is 17.4 Å². The van der Waals surface area contributed by atoms with Crippen LogP contribution in [0.3, 0.4) is 0 Å². The van der Waals surface area contributed by atoms with Gasteiger partial charge in [-0.15, -0.1) is 5.10 Å². The van der Waals surface area contributed by atoms with Gasteiger partial charge in [-0.3, -0.25) is 4.68 Å². The predicted molar refractivity (Wildman–Crippen MR) is 72.3 cm³/mol. The Morgan fingerprint density at radius 1 is 1.48 bits per heavy atom. The van der Waals surface area contributed by atoms with E-state index in [9.17, 15) is 13.2 Å². The van der Waals surface area contributed by atoms with Crippen LogP contribution in [0.5, 0.6) is 0 Å². The second kappa shape index (κ2) is 6.06. The van der Waals surface area contributed by atoms with Gasteiger partial charge in [0.1, 0.15) is 10.6 Å². The largest absolute Gasteiger partial charge is 0.477 e. The molecule has 2 aromatic heterocycles. The van der Waals surface area contributed by atoms with Gasteiger partial charge in [0.25, 0.3) is 0 Å². The first kappa shape index (κ1) is 15.2. The summed E-state index contributed by atoms with van der Waals surface area (Å²) in [6.45, 7) is 2.57. The van der Waals surface area contributed by atoms with Crippen LogP contribution < -0.4 is 4.72 Å². The monoisotopic (exact) mass is 313 g/mol. The molecule has 114 valence electrons. The van der Waals surface area contributed by atoms with E-state index in [1.807, 2.05) is 0 Å². The lowest BCUT2D eigenvalue weighted by Crippen LogP contribution is -2.27. The van der Waals surface area contributed by atoms with Gasteiger partial charge < -0.3 is 9.67 Å². The molecule has 0 saturated heterocycles. The molecular weight excluding hydrogens is 298 g/mol. The van der Waals surface area contributed by atoms with Crippen molar-refractivity contribution in [3.05, 3.63) is 30.4 Å². The minimum Gasteiger partial charge on any atom is -0.477 e. The van der Waals surface area contributed by atoms with Gasteiger partial charge in [0.2, 0.25) is 10.0 Å². The molecule has 2 aromatic rings. The lowest BCUT2D eigenvalue weighted by atomic mass is 10.4. The van der Waals surface area contributed by atoms with Crippen molar-refractivity contribution in [1.82, 2.24) is 24.3 Å². The van der Waals surface area contributed by atoms with E-state index in [1.165, 1.54) is 21.6 Å². The van der Waals surface area contributed by atoms with Crippen LogP contribution in [-0.2, 0) is 23.1 Å². The summed E-state index contributed by atoms with van der Waals surface area (Å²) in [5.74, 6) is -1.17. The molecule has 10 heteroatoms. The number of aromatic carboxylic acids is 1. The second-order valence-corrected chi connectivity index (χ2v) is 5.98. The Balaban J connectivity index is 2.10. The fourth-order valence-electron chi connectivity index (χ4n) is 1.80. The Kier molecular flexibility index (Phi) is 4.38. The molecule has 0 aliphatic carbocycles. The maximum Gasteiger partial charge on any atom is 0.352 e. The Morgan fingerprint density at radius 2 is 2.24 bits per heavy atom. The van der Waals surface area contributed by atoms with E-state index >= 15 is 0 Å². The SMILES string of the molecule is CCn1cc(S(=O)(=O)NCCn2ccnn2)cc1C(=O)O. The van der Waals surface area contributed by atoms with Crippen LogP contribution >= 0.6 is 0 Å². The Hall–Kier alpha value is -2.20. The van der Waals surface area contributed by atoms with Gasteiger partial charge in [-0.1, -0.05) is 5.21 Å². The Bertz CT molecular complexity index is 720. The summed E-state index contributed by atoms with van der Waals surface area (Å²) in [5, 5.41) is 16.3.